The molecule has 0 amide bonds. The monoisotopic (exact) mass is 516 g/mol. The Hall–Kier alpha value is -3.69. The fourth-order valence-corrected chi connectivity index (χ4v) is 3.82. The van der Waals surface area contributed by atoms with Crippen LogP contribution in [0, 0.1) is 0 Å². The van der Waals surface area contributed by atoms with Crippen molar-refractivity contribution in [1.29, 1.82) is 0 Å². The second kappa shape index (κ2) is 12.5. The number of hydrogen-bond donors (Lipinski definition) is 0. The van der Waals surface area contributed by atoms with Crippen molar-refractivity contribution in [1.82, 2.24) is 0 Å². The Morgan fingerprint density at radius 2 is 1.41 bits per heavy atom. The molecule has 0 N–H and O–H groups in total. The highest BCUT2D eigenvalue weighted by molar-refractivity contribution is 5.96. The van der Waals surface area contributed by atoms with Gasteiger partial charge in [0.25, 0.3) is 5.60 Å². The van der Waals surface area contributed by atoms with Crippen LogP contribution >= 0.6 is 0 Å². The van der Waals surface area contributed by atoms with Gasteiger partial charge in [0.15, 0.2) is 5.78 Å². The van der Waals surface area contributed by atoms with E-state index in [1.807, 2.05) is 0 Å². The first-order valence-electron chi connectivity index (χ1n) is 11.4. The van der Waals surface area contributed by atoms with Crippen molar-refractivity contribution in [2.45, 2.75) is 24.3 Å². The van der Waals surface area contributed by atoms with Gasteiger partial charge in [-0.25, -0.2) is 4.79 Å². The molecule has 0 aliphatic heterocycles. The molecule has 3 aromatic rings. The summed E-state index contributed by atoms with van der Waals surface area (Å²) in [5.74, 6) is -1.19. The second-order valence-electron chi connectivity index (χ2n) is 8.01. The van der Waals surface area contributed by atoms with Crippen LogP contribution in [0.4, 0.5) is 13.2 Å². The van der Waals surface area contributed by atoms with Crippen molar-refractivity contribution in [2.24, 2.45) is 0 Å². The number of ketones is 1. The molecule has 2 atom stereocenters. The van der Waals surface area contributed by atoms with E-state index in [-0.39, 0.29) is 18.8 Å². The van der Waals surface area contributed by atoms with Crippen LogP contribution in [0.2, 0.25) is 0 Å². The van der Waals surface area contributed by atoms with Gasteiger partial charge in [0, 0.05) is 24.7 Å². The summed E-state index contributed by atoms with van der Waals surface area (Å²) in [7, 11) is 2.32. The maximum Gasteiger partial charge on any atom is 0.432 e. The van der Waals surface area contributed by atoms with Crippen molar-refractivity contribution in [3.05, 3.63) is 102 Å². The minimum Gasteiger partial charge on any atom is -0.497 e. The van der Waals surface area contributed by atoms with Gasteiger partial charge in [0.2, 0.25) is 0 Å². The fourth-order valence-electron chi connectivity index (χ4n) is 3.82. The molecule has 3 aromatic carbocycles. The SMILES string of the molecule is COc1ccc([C@@H](CC(=O)c2ccccc2)OCCOC(=O)[C@@](OC)(c2ccccc2)C(F)(F)F)cc1. The molecule has 0 unspecified atom stereocenters. The van der Waals surface area contributed by atoms with E-state index in [2.05, 4.69) is 0 Å². The normalized spacial score (nSPS) is 13.9. The number of halogens is 3. The first-order valence-corrected chi connectivity index (χ1v) is 11.4. The molecule has 0 saturated carbocycles. The van der Waals surface area contributed by atoms with Gasteiger partial charge in [0.1, 0.15) is 12.4 Å². The van der Waals surface area contributed by atoms with E-state index in [4.69, 9.17) is 18.9 Å². The Morgan fingerprint density at radius 3 is 1.95 bits per heavy atom. The zero-order valence-corrected chi connectivity index (χ0v) is 20.4. The van der Waals surface area contributed by atoms with Gasteiger partial charge in [-0.3, -0.25) is 4.79 Å². The molecule has 0 aliphatic rings. The third-order valence-corrected chi connectivity index (χ3v) is 5.76. The Balaban J connectivity index is 1.72. The lowest BCUT2D eigenvalue weighted by Gasteiger charge is -2.32. The van der Waals surface area contributed by atoms with Crippen LogP contribution in [-0.4, -0.2) is 45.4 Å². The summed E-state index contributed by atoms with van der Waals surface area (Å²) in [6.45, 7) is -0.740. The van der Waals surface area contributed by atoms with Gasteiger partial charge < -0.3 is 18.9 Å². The Bertz CT molecular complexity index is 1150. The quantitative estimate of drug-likeness (QED) is 0.175. The first-order chi connectivity index (χ1) is 17.7. The van der Waals surface area contributed by atoms with Crippen molar-refractivity contribution in [2.75, 3.05) is 27.4 Å². The van der Waals surface area contributed by atoms with Gasteiger partial charge >= 0.3 is 12.1 Å². The standard InChI is InChI=1S/C28H27F3O6/c1-34-23-15-13-21(14-16-23)25(19-24(32)20-9-5-3-6-10-20)36-17-18-37-26(33)27(35-2,28(29,30)31)22-11-7-4-8-12-22/h3-16,25H,17-19H2,1-2H3/t25-,27+/m1/s1. The van der Waals surface area contributed by atoms with E-state index in [0.717, 1.165) is 19.2 Å². The molecule has 3 rings (SSSR count). The number of esters is 1. The highest BCUT2D eigenvalue weighted by atomic mass is 19.4. The van der Waals surface area contributed by atoms with Gasteiger partial charge in [-0.15, -0.1) is 0 Å². The topological polar surface area (TPSA) is 71.1 Å². The highest BCUT2D eigenvalue weighted by Crippen LogP contribution is 2.43. The minimum atomic E-state index is -5.07. The Kier molecular flexibility index (Phi) is 9.43. The molecule has 0 fully saturated rings. The summed E-state index contributed by atoms with van der Waals surface area (Å²) >= 11 is 0. The number of benzene rings is 3. The first kappa shape index (κ1) is 27.9. The molecule has 196 valence electrons. The molecular weight excluding hydrogens is 489 g/mol. The van der Waals surface area contributed by atoms with Crippen LogP contribution in [0.1, 0.15) is 34.0 Å². The summed E-state index contributed by atoms with van der Waals surface area (Å²) < 4.78 is 62.8. The number of ether oxygens (including phenoxy) is 4. The predicted molar refractivity (Wildman–Crippen MR) is 129 cm³/mol. The van der Waals surface area contributed by atoms with E-state index < -0.39 is 36.0 Å². The lowest BCUT2D eigenvalue weighted by Crippen LogP contribution is -2.51. The smallest absolute Gasteiger partial charge is 0.432 e. The van der Waals surface area contributed by atoms with Gasteiger partial charge in [-0.1, -0.05) is 72.8 Å². The average molecular weight is 517 g/mol. The van der Waals surface area contributed by atoms with Crippen LogP contribution in [0.3, 0.4) is 0 Å². The lowest BCUT2D eigenvalue weighted by atomic mass is 9.93. The summed E-state index contributed by atoms with van der Waals surface area (Å²) in [6.07, 6.45) is -5.84. The van der Waals surface area contributed by atoms with E-state index >= 15 is 0 Å². The van der Waals surface area contributed by atoms with Crippen LogP contribution < -0.4 is 4.74 Å². The summed E-state index contributed by atoms with van der Waals surface area (Å²) in [4.78, 5) is 25.5. The fraction of sp³-hybridized carbons (Fsp3) is 0.286. The zero-order valence-electron chi connectivity index (χ0n) is 20.4. The number of carbonyl (C=O) groups is 2. The van der Waals surface area contributed by atoms with Crippen molar-refractivity contribution in [3.8, 4) is 5.75 Å². The minimum absolute atomic E-state index is 0.0289. The van der Waals surface area contributed by atoms with Crippen LogP contribution in [0.15, 0.2) is 84.9 Å². The number of carbonyl (C=O) groups excluding carboxylic acids is 2. The largest absolute Gasteiger partial charge is 0.497 e. The predicted octanol–water partition coefficient (Wildman–Crippen LogP) is 5.67. The maximum atomic E-state index is 14.0. The van der Waals surface area contributed by atoms with Crippen LogP contribution in [0.5, 0.6) is 5.75 Å². The zero-order chi connectivity index (χ0) is 26.9. The number of hydrogen-bond acceptors (Lipinski definition) is 6. The lowest BCUT2D eigenvalue weighted by molar-refractivity contribution is -0.276. The molecule has 0 aliphatic carbocycles. The third-order valence-electron chi connectivity index (χ3n) is 5.76. The van der Waals surface area contributed by atoms with Crippen molar-refractivity contribution in [3.63, 3.8) is 0 Å². The molecule has 9 heteroatoms. The third kappa shape index (κ3) is 6.55. The molecule has 0 radical (unpaired) electrons. The summed E-state index contributed by atoms with van der Waals surface area (Å²) in [6, 6.07) is 22.0. The highest BCUT2D eigenvalue weighted by Gasteiger charge is 2.64. The molecule has 0 heterocycles. The number of Topliss-reactive ketones (excluding diaryl/α,β-unsaturated/α-hetero) is 1. The molecule has 0 saturated heterocycles. The molecule has 0 spiro atoms. The van der Waals surface area contributed by atoms with Gasteiger partial charge in [-0.2, -0.15) is 13.2 Å². The second-order valence-corrected chi connectivity index (χ2v) is 8.01. The van der Waals surface area contributed by atoms with E-state index in [9.17, 15) is 22.8 Å². The Morgan fingerprint density at radius 1 is 0.811 bits per heavy atom. The molecule has 37 heavy (non-hydrogen) atoms. The number of alkyl halides is 3. The van der Waals surface area contributed by atoms with E-state index in [0.29, 0.717) is 16.9 Å². The van der Waals surface area contributed by atoms with Gasteiger partial charge in [0.05, 0.1) is 19.8 Å². The summed E-state index contributed by atoms with van der Waals surface area (Å²) in [5.41, 5.74) is -2.54. The number of rotatable bonds is 12. The maximum absolute atomic E-state index is 14.0. The van der Waals surface area contributed by atoms with E-state index in [1.165, 1.54) is 25.3 Å². The van der Waals surface area contributed by atoms with Crippen LogP contribution in [0.25, 0.3) is 0 Å². The van der Waals surface area contributed by atoms with Gasteiger partial charge in [-0.05, 0) is 17.7 Å². The van der Waals surface area contributed by atoms with E-state index in [1.54, 1.807) is 54.6 Å². The van der Waals surface area contributed by atoms with Crippen LogP contribution in [-0.2, 0) is 24.6 Å². The molecule has 6 nitrogen and oxygen atoms in total. The average Bonchev–Trinajstić information content (AvgIpc) is 2.91. The number of methoxy groups -OCH3 is 2. The molecule has 0 aromatic heterocycles. The molecule has 0 bridgehead atoms. The summed E-state index contributed by atoms with van der Waals surface area (Å²) in [5, 5.41) is 0. The van der Waals surface area contributed by atoms with Crippen molar-refractivity contribution < 1.29 is 41.7 Å². The van der Waals surface area contributed by atoms with Crippen molar-refractivity contribution >= 4 is 11.8 Å². The molecular formula is C28H27F3O6. The Labute approximate surface area is 212 Å².